The first-order valence-corrected chi connectivity index (χ1v) is 12.2. The first-order valence-electron chi connectivity index (χ1n) is 12.2. The predicted octanol–water partition coefficient (Wildman–Crippen LogP) is 4.46. The quantitative estimate of drug-likeness (QED) is 0.508. The summed E-state index contributed by atoms with van der Waals surface area (Å²) in [5.41, 5.74) is 2.37. The van der Waals surface area contributed by atoms with E-state index in [4.69, 9.17) is 0 Å². The molecule has 6 nitrogen and oxygen atoms in total. The second-order valence-corrected chi connectivity index (χ2v) is 10.3. The normalized spacial score (nSPS) is 21.9. The maximum atomic E-state index is 12.7. The van der Waals surface area contributed by atoms with E-state index in [9.17, 15) is 19.8 Å². The molecule has 1 fully saturated rings. The molecule has 184 valence electrons. The highest BCUT2D eigenvalue weighted by Gasteiger charge is 2.39. The number of aryl methyl sites for hydroxylation is 1. The third-order valence-corrected chi connectivity index (χ3v) is 7.52. The van der Waals surface area contributed by atoms with E-state index >= 15 is 0 Å². The molecular weight excluding hydrogens is 428 g/mol. The van der Waals surface area contributed by atoms with Crippen LogP contribution in [-0.2, 0) is 16.6 Å². The molecule has 0 bridgehead atoms. The maximum Gasteiger partial charge on any atom is 0.335 e. The zero-order valence-electron chi connectivity index (χ0n) is 20.8. The van der Waals surface area contributed by atoms with E-state index in [1.807, 2.05) is 30.3 Å². The van der Waals surface area contributed by atoms with Gasteiger partial charge in [-0.15, -0.1) is 0 Å². The number of hydrogen-bond acceptors (Lipinski definition) is 4. The average molecular weight is 467 g/mol. The molecule has 0 radical (unpaired) electrons. The number of carboxylic acid groups (broad SMARTS) is 1. The molecular formula is C28H38N2O4. The van der Waals surface area contributed by atoms with Gasteiger partial charge in [-0.05, 0) is 72.0 Å². The van der Waals surface area contributed by atoms with Gasteiger partial charge in [-0.1, -0.05) is 52.0 Å². The van der Waals surface area contributed by atoms with Crippen LogP contribution in [0.4, 0.5) is 0 Å². The van der Waals surface area contributed by atoms with Gasteiger partial charge >= 0.3 is 5.97 Å². The molecule has 0 aliphatic carbocycles. The maximum absolute atomic E-state index is 12.7. The van der Waals surface area contributed by atoms with Crippen molar-refractivity contribution in [3.63, 3.8) is 0 Å². The van der Waals surface area contributed by atoms with Crippen molar-refractivity contribution in [2.24, 2.45) is 11.8 Å². The second-order valence-electron chi connectivity index (χ2n) is 10.3. The Morgan fingerprint density at radius 3 is 2.50 bits per heavy atom. The van der Waals surface area contributed by atoms with Crippen LogP contribution in [0, 0.1) is 11.8 Å². The van der Waals surface area contributed by atoms with E-state index < -0.39 is 5.97 Å². The molecule has 3 unspecified atom stereocenters. The Hall–Kier alpha value is -2.86. The Morgan fingerprint density at radius 1 is 1.18 bits per heavy atom. The van der Waals surface area contributed by atoms with Crippen molar-refractivity contribution in [2.45, 2.75) is 58.4 Å². The van der Waals surface area contributed by atoms with Gasteiger partial charge in [0, 0.05) is 25.6 Å². The highest BCUT2D eigenvalue weighted by atomic mass is 16.4. The lowest BCUT2D eigenvalue weighted by Crippen LogP contribution is -2.53. The van der Waals surface area contributed by atoms with Gasteiger partial charge in [0.15, 0.2) is 0 Å². The predicted molar refractivity (Wildman–Crippen MR) is 134 cm³/mol. The molecule has 1 amide bonds. The van der Waals surface area contributed by atoms with Crippen LogP contribution < -0.4 is 5.32 Å². The van der Waals surface area contributed by atoms with Gasteiger partial charge in [0.05, 0.1) is 5.56 Å². The number of phenolic OH excluding ortho intramolecular Hbond substituents is 1. The molecule has 6 heteroatoms. The molecule has 3 rings (SSSR count). The lowest BCUT2D eigenvalue weighted by Gasteiger charge is -2.46. The van der Waals surface area contributed by atoms with Crippen molar-refractivity contribution in [3.8, 4) is 5.75 Å². The van der Waals surface area contributed by atoms with Gasteiger partial charge in [-0.3, -0.25) is 4.79 Å². The number of aromatic carboxylic acids is 1. The number of aromatic hydroxyl groups is 1. The lowest BCUT2D eigenvalue weighted by molar-refractivity contribution is -0.122. The number of hydrogen-bond donors (Lipinski definition) is 3. The van der Waals surface area contributed by atoms with Gasteiger partial charge < -0.3 is 20.4 Å². The number of nitrogens with zero attached hydrogens (tertiary/aromatic N) is 1. The van der Waals surface area contributed by atoms with Crippen molar-refractivity contribution >= 4 is 11.9 Å². The molecule has 2 aromatic rings. The van der Waals surface area contributed by atoms with Gasteiger partial charge in [-0.2, -0.15) is 0 Å². The summed E-state index contributed by atoms with van der Waals surface area (Å²) in [7, 11) is 0. The largest absolute Gasteiger partial charge is 0.508 e. The van der Waals surface area contributed by atoms with Crippen molar-refractivity contribution in [3.05, 3.63) is 65.2 Å². The summed E-state index contributed by atoms with van der Waals surface area (Å²) in [5, 5.41) is 22.0. The molecule has 34 heavy (non-hydrogen) atoms. The van der Waals surface area contributed by atoms with E-state index in [1.54, 1.807) is 18.2 Å². The molecule has 0 saturated carbocycles. The van der Waals surface area contributed by atoms with Crippen LogP contribution >= 0.6 is 0 Å². The smallest absolute Gasteiger partial charge is 0.335 e. The lowest BCUT2D eigenvalue weighted by atomic mass is 9.67. The number of nitrogens with one attached hydrogen (secondary N) is 1. The number of carbonyl (C=O) groups excluding carboxylic acids is 1. The highest BCUT2D eigenvalue weighted by molar-refractivity contribution is 5.87. The van der Waals surface area contributed by atoms with Crippen LogP contribution in [-0.4, -0.2) is 52.7 Å². The molecule has 0 spiro atoms. The summed E-state index contributed by atoms with van der Waals surface area (Å²) in [4.78, 5) is 26.5. The van der Waals surface area contributed by atoms with E-state index in [-0.39, 0.29) is 23.1 Å². The second kappa shape index (κ2) is 11.0. The van der Waals surface area contributed by atoms with E-state index in [0.29, 0.717) is 30.2 Å². The van der Waals surface area contributed by atoms with Gasteiger partial charge in [-0.25, -0.2) is 4.79 Å². The van der Waals surface area contributed by atoms with Crippen molar-refractivity contribution in [1.29, 1.82) is 0 Å². The van der Waals surface area contributed by atoms with Crippen molar-refractivity contribution in [1.82, 2.24) is 10.2 Å². The molecule has 3 N–H and O–H groups in total. The number of benzene rings is 2. The van der Waals surface area contributed by atoms with Crippen molar-refractivity contribution < 1.29 is 19.8 Å². The Bertz CT molecular complexity index is 988. The molecule has 0 aromatic heterocycles. The molecule has 1 aliphatic rings. The Kier molecular flexibility index (Phi) is 8.37. The number of likely N-dealkylation sites (tertiary alicyclic amines) is 1. The minimum atomic E-state index is -0.892. The summed E-state index contributed by atoms with van der Waals surface area (Å²) < 4.78 is 0. The number of carboxylic acids is 1. The molecule has 1 heterocycles. The van der Waals surface area contributed by atoms with Crippen LogP contribution in [0.25, 0.3) is 0 Å². The Labute approximate surface area is 203 Å². The molecule has 3 atom stereocenters. The molecule has 1 aliphatic heterocycles. The summed E-state index contributed by atoms with van der Waals surface area (Å²) in [6.07, 6.45) is 2.00. The third kappa shape index (κ3) is 6.38. The summed E-state index contributed by atoms with van der Waals surface area (Å²) in [6, 6.07) is 14.4. The van der Waals surface area contributed by atoms with Gasteiger partial charge in [0.25, 0.3) is 0 Å². The third-order valence-electron chi connectivity index (χ3n) is 7.52. The minimum absolute atomic E-state index is 0.0483. The van der Waals surface area contributed by atoms with Gasteiger partial charge in [0.2, 0.25) is 5.91 Å². The minimum Gasteiger partial charge on any atom is -0.508 e. The Balaban J connectivity index is 1.57. The number of rotatable bonds is 9. The first kappa shape index (κ1) is 25.8. The fourth-order valence-electron chi connectivity index (χ4n) is 4.82. The molecule has 1 saturated heterocycles. The zero-order valence-corrected chi connectivity index (χ0v) is 20.8. The SMILES string of the molecule is CC(C)C(CN1CCC(C)(c2cccc(C(=O)O)c2)C(C)C1)NC(=O)CCc1ccc(O)cc1. The monoisotopic (exact) mass is 466 g/mol. The van der Waals surface area contributed by atoms with Crippen LogP contribution in [0.2, 0.25) is 0 Å². The summed E-state index contributed by atoms with van der Waals surface area (Å²) >= 11 is 0. The topological polar surface area (TPSA) is 89.9 Å². The fraction of sp³-hybridized carbons (Fsp3) is 0.500. The first-order chi connectivity index (χ1) is 16.1. The highest BCUT2D eigenvalue weighted by Crippen LogP contribution is 2.39. The number of piperidine rings is 1. The van der Waals surface area contributed by atoms with E-state index in [0.717, 1.165) is 37.2 Å². The Morgan fingerprint density at radius 2 is 1.88 bits per heavy atom. The van der Waals surface area contributed by atoms with Crippen LogP contribution in [0.1, 0.15) is 62.0 Å². The van der Waals surface area contributed by atoms with Crippen molar-refractivity contribution in [2.75, 3.05) is 19.6 Å². The standard InChI is InChI=1S/C28H38N2O4/c1-19(2)25(29-26(32)13-10-21-8-11-24(31)12-9-21)18-30-15-14-28(4,20(3)17-30)23-7-5-6-22(16-23)27(33)34/h5-9,11-12,16,19-20,25,31H,10,13-15,17-18H2,1-4H3,(H,29,32)(H,33,34). The average Bonchev–Trinajstić information content (AvgIpc) is 2.80. The summed E-state index contributed by atoms with van der Waals surface area (Å²) in [6.45, 7) is 11.4. The van der Waals surface area contributed by atoms with Crippen LogP contribution in [0.5, 0.6) is 5.75 Å². The fourth-order valence-corrected chi connectivity index (χ4v) is 4.82. The number of phenols is 1. The number of carbonyl (C=O) groups is 2. The summed E-state index contributed by atoms with van der Waals surface area (Å²) in [5.74, 6) is 0.0509. The van der Waals surface area contributed by atoms with Gasteiger partial charge in [0.1, 0.15) is 5.75 Å². The molecule has 2 aromatic carbocycles. The van der Waals surface area contributed by atoms with Crippen LogP contribution in [0.15, 0.2) is 48.5 Å². The number of amides is 1. The zero-order chi connectivity index (χ0) is 24.9. The van der Waals surface area contributed by atoms with Crippen LogP contribution in [0.3, 0.4) is 0 Å². The van der Waals surface area contributed by atoms with E-state index in [2.05, 4.69) is 37.9 Å². The van der Waals surface area contributed by atoms with E-state index in [1.165, 1.54) is 0 Å².